The predicted octanol–water partition coefficient (Wildman–Crippen LogP) is 2.68. The van der Waals surface area contributed by atoms with Gasteiger partial charge >= 0.3 is 22.4 Å². The molecule has 1 saturated heterocycles. The molecule has 2 aromatic heterocycles. The minimum absolute atomic E-state index is 0.321. The van der Waals surface area contributed by atoms with Crippen molar-refractivity contribution in [1.29, 1.82) is 0 Å². The van der Waals surface area contributed by atoms with E-state index in [0.717, 1.165) is 12.3 Å². The van der Waals surface area contributed by atoms with Crippen molar-refractivity contribution in [2.45, 2.75) is 36.4 Å². The summed E-state index contributed by atoms with van der Waals surface area (Å²) < 4.78 is 95.3. The number of carbonyl (C=O) groups is 3. The van der Waals surface area contributed by atoms with Crippen LogP contribution in [0.3, 0.4) is 0 Å². The van der Waals surface area contributed by atoms with Crippen LogP contribution in [-0.4, -0.2) is 48.8 Å². The highest BCUT2D eigenvalue weighted by atomic mass is 32.2. The third kappa shape index (κ3) is 6.21. The Bertz CT molecular complexity index is 1320. The smallest absolute Gasteiger partial charge is 0.334 e. The monoisotopic (exact) mass is 537 g/mol. The molecule has 0 atom stereocenters. The molecule has 17 heteroatoms. The van der Waals surface area contributed by atoms with Crippen LogP contribution in [0.1, 0.15) is 35.2 Å². The first kappa shape index (κ1) is 26.7. The van der Waals surface area contributed by atoms with Crippen molar-refractivity contribution >= 4 is 39.5 Å². The maximum absolute atomic E-state index is 13.8. The summed E-state index contributed by atoms with van der Waals surface area (Å²) in [6.07, 6.45) is -7.62. The number of carbonyl (C=O) groups excluding carboxylic acids is 3. The summed E-state index contributed by atoms with van der Waals surface area (Å²) in [4.78, 5) is 43.9. The van der Waals surface area contributed by atoms with Crippen LogP contribution in [-0.2, 0) is 25.3 Å². The number of primary amides is 1. The molecule has 1 fully saturated rings. The minimum atomic E-state index is -4.94. The van der Waals surface area contributed by atoms with Crippen molar-refractivity contribution in [2.75, 3.05) is 16.8 Å². The van der Waals surface area contributed by atoms with Gasteiger partial charge in [0, 0.05) is 50.0 Å². The van der Waals surface area contributed by atoms with Gasteiger partial charge < -0.3 is 15.2 Å². The lowest BCUT2D eigenvalue weighted by Crippen LogP contribution is -2.33. The Kier molecular flexibility index (Phi) is 7.15. The summed E-state index contributed by atoms with van der Waals surface area (Å²) in [6, 6.07) is 2.15. The van der Waals surface area contributed by atoms with Crippen molar-refractivity contribution in [3.8, 4) is 0 Å². The zero-order valence-electron chi connectivity index (χ0n) is 17.9. The van der Waals surface area contributed by atoms with Crippen LogP contribution in [0.25, 0.3) is 0 Å². The second-order valence-corrected chi connectivity index (χ2v) is 8.93. The molecule has 3 amide bonds. The topological polar surface area (TPSA) is 162 Å². The highest BCUT2D eigenvalue weighted by Gasteiger charge is 2.38. The molecule has 36 heavy (non-hydrogen) atoms. The van der Waals surface area contributed by atoms with Gasteiger partial charge in [-0.25, -0.2) is 23.5 Å². The van der Waals surface area contributed by atoms with Gasteiger partial charge in [-0.1, -0.05) is 0 Å². The van der Waals surface area contributed by atoms with E-state index < -0.39 is 87.9 Å². The highest BCUT2D eigenvalue weighted by Crippen LogP contribution is 2.34. The average Bonchev–Trinajstić information content (AvgIpc) is 2.89. The number of halogens is 5. The van der Waals surface area contributed by atoms with Crippen LogP contribution in [0, 0.1) is 0 Å². The Balaban J connectivity index is 2.01. The average molecular weight is 537 g/mol. The lowest BCUT2D eigenvalue weighted by atomic mass is 10.1. The molecule has 1 aliphatic heterocycles. The Morgan fingerprint density at radius 3 is 2.50 bits per heavy atom. The number of aromatic nitrogens is 2. The fourth-order valence-corrected chi connectivity index (χ4v) is 3.90. The first-order valence-corrected chi connectivity index (χ1v) is 11.3. The third-order valence-electron chi connectivity index (χ3n) is 4.84. The number of hydrogen-bond acceptors (Lipinski definition) is 8. The standard InChI is InChI=1S/C19H16F5N5O6S/c20-18(21)3-1-14(30)29(6-4-18)15-12(7-10(9-27-15)19(22,23)24)16(31)28-11-2-5-26-13(8-11)36(33,34)35-17(25)32/h2,5,7-9H,1,3-4,6H2,(H2,25,32)(H,26,28,31). The van der Waals surface area contributed by atoms with Crippen LogP contribution in [0.5, 0.6) is 0 Å². The van der Waals surface area contributed by atoms with Crippen LogP contribution < -0.4 is 16.0 Å². The van der Waals surface area contributed by atoms with Gasteiger partial charge in [0.25, 0.3) is 5.91 Å². The van der Waals surface area contributed by atoms with Crippen molar-refractivity contribution in [2.24, 2.45) is 5.73 Å². The molecule has 3 heterocycles. The maximum atomic E-state index is 13.8. The van der Waals surface area contributed by atoms with E-state index in [1.807, 2.05) is 0 Å². The second-order valence-electron chi connectivity index (χ2n) is 7.44. The molecule has 0 saturated carbocycles. The SMILES string of the molecule is NC(=O)OS(=O)(=O)c1cc(NC(=O)c2cc(C(F)(F)F)cnc2N2CCC(F)(F)CCC2=O)ccn1. The number of nitrogens with two attached hydrogens (primary N) is 1. The predicted molar refractivity (Wildman–Crippen MR) is 110 cm³/mol. The Labute approximate surface area is 199 Å². The van der Waals surface area contributed by atoms with Crippen molar-refractivity contribution in [3.63, 3.8) is 0 Å². The van der Waals surface area contributed by atoms with Gasteiger partial charge in [0.05, 0.1) is 11.1 Å². The lowest BCUT2D eigenvalue weighted by molar-refractivity contribution is -0.137. The number of amides is 3. The fourth-order valence-electron chi connectivity index (χ4n) is 3.14. The molecule has 0 aromatic carbocycles. The minimum Gasteiger partial charge on any atom is -0.334 e. The van der Waals surface area contributed by atoms with Crippen LogP contribution >= 0.6 is 0 Å². The van der Waals surface area contributed by atoms with Gasteiger partial charge in [0.1, 0.15) is 5.82 Å². The normalized spacial score (nSPS) is 16.2. The Morgan fingerprint density at radius 2 is 1.86 bits per heavy atom. The number of alkyl halides is 5. The van der Waals surface area contributed by atoms with E-state index >= 15 is 0 Å². The Hall–Kier alpha value is -3.89. The lowest BCUT2D eigenvalue weighted by Gasteiger charge is -2.23. The molecule has 0 unspecified atom stereocenters. The Morgan fingerprint density at radius 1 is 1.17 bits per heavy atom. The zero-order chi connectivity index (χ0) is 26.9. The van der Waals surface area contributed by atoms with Gasteiger partial charge in [-0.15, -0.1) is 0 Å². The van der Waals surface area contributed by atoms with Crippen molar-refractivity contribution in [3.05, 3.63) is 41.7 Å². The van der Waals surface area contributed by atoms with Crippen molar-refractivity contribution in [1.82, 2.24) is 9.97 Å². The van der Waals surface area contributed by atoms with E-state index in [4.69, 9.17) is 0 Å². The van der Waals surface area contributed by atoms with Crippen LogP contribution in [0.4, 0.5) is 38.3 Å². The van der Waals surface area contributed by atoms with E-state index in [9.17, 15) is 44.8 Å². The molecule has 0 spiro atoms. The molecule has 11 nitrogen and oxygen atoms in total. The highest BCUT2D eigenvalue weighted by molar-refractivity contribution is 7.87. The quantitative estimate of drug-likeness (QED) is 0.435. The molecule has 0 radical (unpaired) electrons. The molecular weight excluding hydrogens is 521 g/mol. The zero-order valence-corrected chi connectivity index (χ0v) is 18.7. The van der Waals surface area contributed by atoms with Crippen LogP contribution in [0.15, 0.2) is 35.6 Å². The number of rotatable bonds is 5. The van der Waals surface area contributed by atoms with Gasteiger partial charge in [-0.3, -0.25) is 14.5 Å². The summed E-state index contributed by atoms with van der Waals surface area (Å²) in [5.41, 5.74) is 2.19. The number of hydrogen-bond donors (Lipinski definition) is 2. The summed E-state index contributed by atoms with van der Waals surface area (Å²) in [5.74, 6) is -5.96. The van der Waals surface area contributed by atoms with Gasteiger partial charge in [-0.05, 0) is 12.1 Å². The first-order chi connectivity index (χ1) is 16.6. The fraction of sp³-hybridized carbons (Fsp3) is 0.316. The third-order valence-corrected chi connectivity index (χ3v) is 5.96. The summed E-state index contributed by atoms with van der Waals surface area (Å²) in [5, 5.41) is 1.25. The largest absolute Gasteiger partial charge is 0.420 e. The summed E-state index contributed by atoms with van der Waals surface area (Å²) >= 11 is 0. The molecule has 0 aliphatic carbocycles. The van der Waals surface area contributed by atoms with Crippen LogP contribution in [0.2, 0.25) is 0 Å². The van der Waals surface area contributed by atoms with Gasteiger partial charge in [-0.2, -0.15) is 21.6 Å². The first-order valence-electron chi connectivity index (χ1n) is 9.86. The molecule has 2 aromatic rings. The molecule has 1 aliphatic rings. The number of pyridine rings is 2. The maximum Gasteiger partial charge on any atom is 0.420 e. The van der Waals surface area contributed by atoms with Crippen molar-refractivity contribution < 1.29 is 48.9 Å². The van der Waals surface area contributed by atoms with E-state index in [2.05, 4.69) is 25.2 Å². The number of nitrogens with one attached hydrogen (secondary N) is 1. The molecule has 0 bridgehead atoms. The molecule has 3 N–H and O–H groups in total. The van der Waals surface area contributed by atoms with E-state index in [1.54, 1.807) is 0 Å². The molecular formula is C19H16F5N5O6S. The van der Waals surface area contributed by atoms with Gasteiger partial charge in [0.15, 0.2) is 5.03 Å². The summed E-state index contributed by atoms with van der Waals surface area (Å²) in [6.45, 7) is -0.618. The summed E-state index contributed by atoms with van der Waals surface area (Å²) in [7, 11) is -4.78. The van der Waals surface area contributed by atoms with E-state index in [0.29, 0.717) is 23.2 Å². The van der Waals surface area contributed by atoms with E-state index in [-0.39, 0.29) is 5.69 Å². The number of nitrogens with zero attached hydrogens (tertiary/aromatic N) is 3. The number of anilines is 2. The van der Waals surface area contributed by atoms with Gasteiger partial charge in [0.2, 0.25) is 11.8 Å². The van der Waals surface area contributed by atoms with E-state index in [1.165, 1.54) is 0 Å². The molecule has 3 rings (SSSR count). The molecule has 194 valence electrons. The second kappa shape index (κ2) is 9.63.